The monoisotopic (exact) mass is 497 g/mol. The highest BCUT2D eigenvalue weighted by atomic mass is 16.5. The van der Waals surface area contributed by atoms with Gasteiger partial charge in [0.1, 0.15) is 17.2 Å². The fourth-order valence-electron chi connectivity index (χ4n) is 4.63. The molecule has 2 heterocycles. The van der Waals surface area contributed by atoms with E-state index in [0.717, 1.165) is 36.3 Å². The number of aromatic nitrogens is 2. The molecule has 1 amide bonds. The molecule has 1 fully saturated rings. The molecule has 1 aliphatic rings. The maximum Gasteiger partial charge on any atom is 0.254 e. The predicted octanol–water partition coefficient (Wildman–Crippen LogP) is 5.71. The fourth-order valence-corrected chi connectivity index (χ4v) is 4.63. The highest BCUT2D eigenvalue weighted by Crippen LogP contribution is 2.35. The average molecular weight is 498 g/mol. The van der Waals surface area contributed by atoms with Crippen molar-refractivity contribution in [3.8, 4) is 28.6 Å². The van der Waals surface area contributed by atoms with Crippen molar-refractivity contribution in [3.05, 3.63) is 96.1 Å². The van der Waals surface area contributed by atoms with E-state index in [4.69, 9.17) is 19.3 Å². The van der Waals surface area contributed by atoms with Crippen molar-refractivity contribution in [2.75, 3.05) is 20.3 Å². The lowest BCUT2D eigenvalue weighted by atomic mass is 10.1. The summed E-state index contributed by atoms with van der Waals surface area (Å²) in [6.45, 7) is 1.51. The van der Waals surface area contributed by atoms with Crippen molar-refractivity contribution in [1.29, 1.82) is 0 Å². The van der Waals surface area contributed by atoms with Gasteiger partial charge in [0, 0.05) is 31.3 Å². The van der Waals surface area contributed by atoms with Crippen LogP contribution in [0.3, 0.4) is 0 Å². The van der Waals surface area contributed by atoms with Crippen LogP contribution in [0.1, 0.15) is 28.8 Å². The zero-order chi connectivity index (χ0) is 25.6. The maximum absolute atomic E-state index is 13.9. The van der Waals surface area contributed by atoms with E-state index in [-0.39, 0.29) is 12.0 Å². The Morgan fingerprint density at radius 1 is 1.03 bits per heavy atom. The van der Waals surface area contributed by atoms with Gasteiger partial charge in [-0.1, -0.05) is 54.6 Å². The lowest BCUT2D eigenvalue weighted by molar-refractivity contribution is 0.0506. The molecule has 0 aliphatic carbocycles. The van der Waals surface area contributed by atoms with Crippen LogP contribution in [0.25, 0.3) is 11.3 Å². The Bertz CT molecular complexity index is 1330. The topological polar surface area (TPSA) is 65.8 Å². The summed E-state index contributed by atoms with van der Waals surface area (Å²) in [6.07, 6.45) is 1.91. The molecule has 4 aromatic rings. The number of hydrogen-bond donors (Lipinski definition) is 0. The van der Waals surface area contributed by atoms with E-state index in [0.29, 0.717) is 36.0 Å². The normalized spacial score (nSPS) is 14.9. The average Bonchev–Trinajstić information content (AvgIpc) is 3.57. The van der Waals surface area contributed by atoms with Crippen LogP contribution < -0.4 is 9.47 Å². The van der Waals surface area contributed by atoms with Gasteiger partial charge >= 0.3 is 0 Å². The van der Waals surface area contributed by atoms with E-state index >= 15 is 0 Å². The van der Waals surface area contributed by atoms with Crippen LogP contribution in [0.5, 0.6) is 17.4 Å². The fraction of sp³-hybridized carbons (Fsp3) is 0.267. The number of rotatable bonds is 9. The van der Waals surface area contributed by atoms with E-state index in [1.54, 1.807) is 17.9 Å². The third-order valence-electron chi connectivity index (χ3n) is 6.49. The highest BCUT2D eigenvalue weighted by Gasteiger charge is 2.28. The minimum absolute atomic E-state index is 0.00936. The summed E-state index contributed by atoms with van der Waals surface area (Å²) in [5, 5.41) is 4.82. The van der Waals surface area contributed by atoms with Crippen LogP contribution in [0.15, 0.2) is 84.9 Å². The number of para-hydroxylation sites is 1. The maximum atomic E-state index is 13.9. The number of methoxy groups -OCH3 is 1. The van der Waals surface area contributed by atoms with Crippen LogP contribution in [0, 0.1) is 0 Å². The largest absolute Gasteiger partial charge is 0.497 e. The van der Waals surface area contributed by atoms with Crippen LogP contribution in [-0.2, 0) is 18.3 Å². The molecule has 0 saturated carbocycles. The molecule has 7 nitrogen and oxygen atoms in total. The Kier molecular flexibility index (Phi) is 7.51. The van der Waals surface area contributed by atoms with Gasteiger partial charge in [0.2, 0.25) is 5.88 Å². The summed E-state index contributed by atoms with van der Waals surface area (Å²) in [7, 11) is 3.46. The van der Waals surface area contributed by atoms with Gasteiger partial charge in [-0.05, 0) is 43.2 Å². The molecule has 190 valence electrons. The lowest BCUT2D eigenvalue weighted by Gasteiger charge is -2.26. The minimum atomic E-state index is -0.0945. The van der Waals surface area contributed by atoms with E-state index in [1.165, 1.54) is 0 Å². The SMILES string of the molecule is COc1cccc(C(=O)N(Cc2c(-c3ccccc3)nn(C)c2Oc2ccccc2)CC2CCCO2)c1. The Balaban J connectivity index is 1.56. The number of aryl methyl sites for hydroxylation is 1. The molecule has 1 saturated heterocycles. The summed E-state index contributed by atoms with van der Waals surface area (Å²) in [5.41, 5.74) is 3.14. The van der Waals surface area contributed by atoms with E-state index in [9.17, 15) is 4.79 Å². The summed E-state index contributed by atoms with van der Waals surface area (Å²) in [5.74, 6) is 1.85. The molecule has 3 aromatic carbocycles. The molecular weight excluding hydrogens is 466 g/mol. The second-order valence-corrected chi connectivity index (χ2v) is 9.09. The van der Waals surface area contributed by atoms with Crippen molar-refractivity contribution in [3.63, 3.8) is 0 Å². The first kappa shape index (κ1) is 24.6. The van der Waals surface area contributed by atoms with Crippen LogP contribution in [0.2, 0.25) is 0 Å². The zero-order valence-electron chi connectivity index (χ0n) is 21.2. The number of amides is 1. The zero-order valence-corrected chi connectivity index (χ0v) is 21.2. The quantitative estimate of drug-likeness (QED) is 0.296. The van der Waals surface area contributed by atoms with Gasteiger partial charge in [-0.25, -0.2) is 4.68 Å². The molecule has 0 spiro atoms. The first-order valence-electron chi connectivity index (χ1n) is 12.5. The third-order valence-corrected chi connectivity index (χ3v) is 6.49. The number of carbonyl (C=O) groups is 1. The standard InChI is InChI=1S/C30H31N3O4/c1-32-30(37-24-14-7-4-8-15-24)27(28(31-32)22-11-5-3-6-12-22)21-33(20-26-17-10-18-36-26)29(34)23-13-9-16-25(19-23)35-2/h3-9,11-16,19,26H,10,17-18,20-21H2,1-2H3. The highest BCUT2D eigenvalue weighted by molar-refractivity contribution is 5.94. The number of ether oxygens (including phenoxy) is 3. The van der Waals surface area contributed by atoms with Crippen LogP contribution >= 0.6 is 0 Å². The third kappa shape index (κ3) is 5.67. The van der Waals surface area contributed by atoms with Gasteiger partial charge in [0.25, 0.3) is 5.91 Å². The molecular formula is C30H31N3O4. The molecule has 1 aliphatic heterocycles. The Hall–Kier alpha value is -4.10. The van der Waals surface area contributed by atoms with Crippen LogP contribution in [0.4, 0.5) is 0 Å². The predicted molar refractivity (Wildman–Crippen MR) is 142 cm³/mol. The van der Waals surface area contributed by atoms with Gasteiger partial charge in [0.15, 0.2) is 0 Å². The summed E-state index contributed by atoms with van der Waals surface area (Å²) < 4.78 is 19.4. The second kappa shape index (κ2) is 11.3. The number of hydrogen-bond acceptors (Lipinski definition) is 5. The van der Waals surface area contributed by atoms with E-state index in [1.807, 2.05) is 90.8 Å². The van der Waals surface area contributed by atoms with E-state index < -0.39 is 0 Å². The molecule has 0 radical (unpaired) electrons. The minimum Gasteiger partial charge on any atom is -0.497 e. The summed E-state index contributed by atoms with van der Waals surface area (Å²) in [4.78, 5) is 15.7. The van der Waals surface area contributed by atoms with Crippen molar-refractivity contribution >= 4 is 5.91 Å². The second-order valence-electron chi connectivity index (χ2n) is 9.09. The summed E-state index contributed by atoms with van der Waals surface area (Å²) in [6, 6.07) is 26.9. The van der Waals surface area contributed by atoms with Gasteiger partial charge in [-0.3, -0.25) is 4.79 Å². The molecule has 1 atom stereocenters. The molecule has 5 rings (SSSR count). The first-order valence-corrected chi connectivity index (χ1v) is 12.5. The molecule has 7 heteroatoms. The number of benzene rings is 3. The van der Waals surface area contributed by atoms with Crippen molar-refractivity contribution < 1.29 is 19.0 Å². The van der Waals surface area contributed by atoms with Gasteiger partial charge < -0.3 is 19.1 Å². The number of nitrogens with zero attached hydrogens (tertiary/aromatic N) is 3. The molecule has 0 N–H and O–H groups in total. The van der Waals surface area contributed by atoms with Crippen molar-refractivity contribution in [1.82, 2.24) is 14.7 Å². The van der Waals surface area contributed by atoms with Gasteiger partial charge in [-0.15, -0.1) is 0 Å². The van der Waals surface area contributed by atoms with E-state index in [2.05, 4.69) is 0 Å². The van der Waals surface area contributed by atoms with Crippen LogP contribution in [-0.4, -0.2) is 47.0 Å². The Morgan fingerprint density at radius 3 is 2.46 bits per heavy atom. The molecule has 0 bridgehead atoms. The Labute approximate surface area is 217 Å². The van der Waals surface area contributed by atoms with Gasteiger partial charge in [-0.2, -0.15) is 5.10 Å². The van der Waals surface area contributed by atoms with Crippen molar-refractivity contribution in [2.24, 2.45) is 7.05 Å². The smallest absolute Gasteiger partial charge is 0.254 e. The molecule has 1 unspecified atom stereocenters. The molecule has 1 aromatic heterocycles. The first-order chi connectivity index (χ1) is 18.1. The Morgan fingerprint density at radius 2 is 1.76 bits per heavy atom. The molecule has 37 heavy (non-hydrogen) atoms. The summed E-state index contributed by atoms with van der Waals surface area (Å²) >= 11 is 0. The van der Waals surface area contributed by atoms with Gasteiger partial charge in [0.05, 0.1) is 25.3 Å². The van der Waals surface area contributed by atoms with Crippen molar-refractivity contribution in [2.45, 2.75) is 25.5 Å². The number of carbonyl (C=O) groups excluding carboxylic acids is 1. The lowest BCUT2D eigenvalue weighted by Crippen LogP contribution is -2.37.